The van der Waals surface area contributed by atoms with Crippen LogP contribution in [0.1, 0.15) is 19.8 Å². The summed E-state index contributed by atoms with van der Waals surface area (Å²) in [5.41, 5.74) is 5.10. The second-order valence-corrected chi connectivity index (χ2v) is 2.13. The van der Waals surface area contributed by atoms with Gasteiger partial charge in [0.1, 0.15) is 5.78 Å². The average Bonchev–Trinajstić information content (AvgIpc) is 1.63. The molecule has 0 aromatic carbocycles. The average molecular weight is 131 g/mol. The molecule has 9 heavy (non-hydrogen) atoms. The Morgan fingerprint density at radius 1 is 1.78 bits per heavy atom. The minimum absolute atomic E-state index is 0.0347. The Morgan fingerprint density at radius 3 is 2.67 bits per heavy atom. The van der Waals surface area contributed by atoms with Crippen LogP contribution >= 0.6 is 0 Å². The molecule has 3 heteroatoms. The van der Waals surface area contributed by atoms with Crippen LogP contribution in [0.3, 0.4) is 0 Å². The van der Waals surface area contributed by atoms with Crippen molar-refractivity contribution in [3.8, 4) is 0 Å². The van der Waals surface area contributed by atoms with E-state index < -0.39 is 6.10 Å². The Balaban J connectivity index is 3.27. The van der Waals surface area contributed by atoms with E-state index in [1.165, 1.54) is 0 Å². The number of ketones is 1. The third kappa shape index (κ3) is 5.46. The van der Waals surface area contributed by atoms with Crippen molar-refractivity contribution in [3.63, 3.8) is 0 Å². The lowest BCUT2D eigenvalue weighted by Crippen LogP contribution is -2.13. The van der Waals surface area contributed by atoms with Gasteiger partial charge in [-0.2, -0.15) is 0 Å². The van der Waals surface area contributed by atoms with Crippen LogP contribution in [0.4, 0.5) is 0 Å². The highest BCUT2D eigenvalue weighted by Gasteiger charge is 2.03. The van der Waals surface area contributed by atoms with Crippen molar-refractivity contribution in [2.45, 2.75) is 25.9 Å². The van der Waals surface area contributed by atoms with Crippen molar-refractivity contribution >= 4 is 5.78 Å². The predicted octanol–water partition coefficient (Wildman–Crippen LogP) is -0.325. The summed E-state index contributed by atoms with van der Waals surface area (Å²) in [7, 11) is 0. The van der Waals surface area contributed by atoms with Crippen molar-refractivity contribution in [1.82, 2.24) is 0 Å². The fourth-order valence-corrected chi connectivity index (χ4v) is 0.593. The first-order chi connectivity index (χ1) is 4.16. The highest BCUT2D eigenvalue weighted by molar-refractivity contribution is 5.78. The Labute approximate surface area is 54.9 Å². The molecule has 0 bridgehead atoms. The number of nitrogens with two attached hydrogens (primary N) is 1. The molecule has 1 atom stereocenters. The molecule has 0 aliphatic heterocycles. The van der Waals surface area contributed by atoms with Gasteiger partial charge in [-0.15, -0.1) is 0 Å². The lowest BCUT2D eigenvalue weighted by atomic mass is 10.1. The molecule has 0 heterocycles. The molecule has 0 saturated heterocycles. The number of carbonyl (C=O) groups excluding carboxylic acids is 1. The Hall–Kier alpha value is -0.410. The van der Waals surface area contributed by atoms with Crippen LogP contribution in [0, 0.1) is 0 Å². The van der Waals surface area contributed by atoms with Crippen molar-refractivity contribution in [1.29, 1.82) is 0 Å². The van der Waals surface area contributed by atoms with Crippen molar-refractivity contribution in [2.24, 2.45) is 5.73 Å². The molecular formula is C6H13NO2. The molecule has 54 valence electrons. The summed E-state index contributed by atoms with van der Waals surface area (Å²) < 4.78 is 0. The van der Waals surface area contributed by atoms with Gasteiger partial charge in [0.2, 0.25) is 0 Å². The Morgan fingerprint density at radius 2 is 2.33 bits per heavy atom. The molecule has 0 rings (SSSR count). The molecule has 0 spiro atoms. The van der Waals surface area contributed by atoms with Gasteiger partial charge in [0, 0.05) is 12.8 Å². The van der Waals surface area contributed by atoms with Gasteiger partial charge in [-0.25, -0.2) is 0 Å². The van der Waals surface area contributed by atoms with E-state index in [2.05, 4.69) is 0 Å². The molecule has 1 unspecified atom stereocenters. The van der Waals surface area contributed by atoms with Gasteiger partial charge in [0.05, 0.1) is 6.10 Å². The maximum Gasteiger partial charge on any atom is 0.136 e. The SMILES string of the molecule is CC(O)CC(=O)CCN. The number of hydrogen-bond donors (Lipinski definition) is 2. The van der Waals surface area contributed by atoms with E-state index in [1.807, 2.05) is 0 Å². The van der Waals surface area contributed by atoms with E-state index in [4.69, 9.17) is 10.8 Å². The smallest absolute Gasteiger partial charge is 0.136 e. The Bertz CT molecular complexity index is 91.1. The van der Waals surface area contributed by atoms with Crippen LogP contribution < -0.4 is 5.73 Å². The van der Waals surface area contributed by atoms with Gasteiger partial charge in [0.15, 0.2) is 0 Å². The summed E-state index contributed by atoms with van der Waals surface area (Å²) >= 11 is 0. The number of aliphatic hydroxyl groups is 1. The van der Waals surface area contributed by atoms with Gasteiger partial charge in [-0.3, -0.25) is 4.79 Å². The third-order valence-corrected chi connectivity index (χ3v) is 0.946. The maximum atomic E-state index is 10.6. The quantitative estimate of drug-likeness (QED) is 0.549. The number of aliphatic hydroxyl groups excluding tert-OH is 1. The molecule has 0 radical (unpaired) electrons. The minimum Gasteiger partial charge on any atom is -0.393 e. The molecule has 0 saturated carbocycles. The van der Waals surface area contributed by atoms with Gasteiger partial charge >= 0.3 is 0 Å². The molecule has 3 N–H and O–H groups in total. The molecule has 3 nitrogen and oxygen atoms in total. The maximum absolute atomic E-state index is 10.6. The molecule has 0 aliphatic carbocycles. The first-order valence-corrected chi connectivity index (χ1v) is 3.06. The van der Waals surface area contributed by atoms with Crippen LogP contribution in [0.25, 0.3) is 0 Å². The lowest BCUT2D eigenvalue weighted by Gasteiger charge is -1.99. The second kappa shape index (κ2) is 4.47. The summed E-state index contributed by atoms with van der Waals surface area (Å²) in [6, 6.07) is 0. The van der Waals surface area contributed by atoms with Gasteiger partial charge < -0.3 is 10.8 Å². The van der Waals surface area contributed by atoms with Crippen molar-refractivity contribution < 1.29 is 9.90 Å². The second-order valence-electron chi connectivity index (χ2n) is 2.13. The van der Waals surface area contributed by atoms with Crippen LogP contribution in [-0.4, -0.2) is 23.5 Å². The normalized spacial score (nSPS) is 13.2. The topological polar surface area (TPSA) is 63.3 Å². The molecular weight excluding hydrogens is 118 g/mol. The number of hydrogen-bond acceptors (Lipinski definition) is 3. The van der Waals surface area contributed by atoms with Crippen molar-refractivity contribution in [2.75, 3.05) is 6.54 Å². The first kappa shape index (κ1) is 8.59. The monoisotopic (exact) mass is 131 g/mol. The zero-order valence-corrected chi connectivity index (χ0v) is 5.63. The summed E-state index contributed by atoms with van der Waals surface area (Å²) in [5, 5.41) is 8.69. The highest BCUT2D eigenvalue weighted by Crippen LogP contribution is 1.93. The van der Waals surface area contributed by atoms with E-state index in [9.17, 15) is 4.79 Å². The standard InChI is InChI=1S/C6H13NO2/c1-5(8)4-6(9)2-3-7/h5,8H,2-4,7H2,1H3. The van der Waals surface area contributed by atoms with Gasteiger partial charge in [-0.05, 0) is 13.5 Å². The summed E-state index contributed by atoms with van der Waals surface area (Å²) in [6.45, 7) is 1.97. The fraction of sp³-hybridized carbons (Fsp3) is 0.833. The molecule has 0 aromatic rings. The van der Waals surface area contributed by atoms with Crippen LogP contribution in [0.2, 0.25) is 0 Å². The van der Waals surface area contributed by atoms with Gasteiger partial charge in [0.25, 0.3) is 0 Å². The Kier molecular flexibility index (Phi) is 4.26. The zero-order chi connectivity index (χ0) is 7.28. The van der Waals surface area contributed by atoms with E-state index >= 15 is 0 Å². The van der Waals surface area contributed by atoms with E-state index in [0.717, 1.165) is 0 Å². The summed E-state index contributed by atoms with van der Waals surface area (Å²) in [6.07, 6.45) is 0.0892. The minimum atomic E-state index is -0.524. The van der Waals surface area contributed by atoms with E-state index in [1.54, 1.807) is 6.92 Å². The number of rotatable bonds is 4. The zero-order valence-electron chi connectivity index (χ0n) is 5.63. The molecule has 0 fully saturated rings. The number of carbonyl (C=O) groups is 1. The lowest BCUT2D eigenvalue weighted by molar-refractivity contribution is -0.120. The fourth-order valence-electron chi connectivity index (χ4n) is 0.593. The third-order valence-electron chi connectivity index (χ3n) is 0.946. The molecule has 0 aliphatic rings. The predicted molar refractivity (Wildman–Crippen MR) is 35.0 cm³/mol. The van der Waals surface area contributed by atoms with Crippen LogP contribution in [-0.2, 0) is 4.79 Å². The first-order valence-electron chi connectivity index (χ1n) is 3.06. The van der Waals surface area contributed by atoms with Crippen LogP contribution in [0.5, 0.6) is 0 Å². The number of Topliss-reactive ketones (excluding diaryl/α,β-unsaturated/α-hetero) is 1. The highest BCUT2D eigenvalue weighted by atomic mass is 16.3. The largest absolute Gasteiger partial charge is 0.393 e. The van der Waals surface area contributed by atoms with E-state index in [0.29, 0.717) is 13.0 Å². The van der Waals surface area contributed by atoms with Crippen LogP contribution in [0.15, 0.2) is 0 Å². The summed E-state index contributed by atoms with van der Waals surface area (Å²) in [5.74, 6) is 0.0347. The molecule has 0 aromatic heterocycles. The van der Waals surface area contributed by atoms with Gasteiger partial charge in [-0.1, -0.05) is 0 Å². The summed E-state index contributed by atoms with van der Waals surface area (Å²) in [4.78, 5) is 10.6. The van der Waals surface area contributed by atoms with Crippen molar-refractivity contribution in [3.05, 3.63) is 0 Å². The molecule has 0 amide bonds. The van der Waals surface area contributed by atoms with E-state index in [-0.39, 0.29) is 12.2 Å².